The number of alkyl halides is 8. The van der Waals surface area contributed by atoms with Crippen LogP contribution in [0.5, 0.6) is 0 Å². The zero-order chi connectivity index (χ0) is 28.7. The van der Waals surface area contributed by atoms with Crippen molar-refractivity contribution in [3.05, 3.63) is 29.7 Å². The molecule has 17 heteroatoms. The van der Waals surface area contributed by atoms with Crippen LogP contribution in [-0.2, 0) is 16.0 Å². The number of carbonyl (C=O) groups is 2. The number of rotatable bonds is 4. The summed E-state index contributed by atoms with van der Waals surface area (Å²) in [4.78, 5) is 25.2. The summed E-state index contributed by atoms with van der Waals surface area (Å²) in [7, 11) is 0. The summed E-state index contributed by atoms with van der Waals surface area (Å²) in [6.07, 6.45) is -7.86. The second-order valence-electron chi connectivity index (χ2n) is 9.33. The highest BCUT2D eigenvalue weighted by atomic mass is 19.4. The fraction of sp³-hybridized carbons (Fsp3) is 0.619. The minimum Gasteiger partial charge on any atom is -0.475 e. The maximum absolute atomic E-state index is 13.4. The van der Waals surface area contributed by atoms with Crippen LogP contribution in [0.2, 0.25) is 0 Å². The van der Waals surface area contributed by atoms with E-state index in [1.165, 1.54) is 16.8 Å². The first kappa shape index (κ1) is 29.5. The average molecular weight is 561 g/mol. The number of carboxylic acids is 1. The summed E-state index contributed by atoms with van der Waals surface area (Å²) in [6.45, 7) is 0. The molecule has 3 heterocycles. The standard InChI is InChI=1S/C19H22F5N5O2.C2HF3O2/c20-18(21)3-1-11(2-4-18)15(25)12-9-29-14(27-12)5-10(8-26-29)6-17(31)7-13(19(22,23)24)28-16(17)30;3-2(4,5)1(6)7/h5,8-9,11,13,15,31H,1-4,6-7,25H2,(H,28,30);(H,6,7)/t13-,15-,17+;/m0./s1. The Balaban J connectivity index is 0.000000505. The number of nitrogens with one attached hydrogen (secondary N) is 1. The number of hydrogen-bond acceptors (Lipinski definition) is 6. The molecule has 38 heavy (non-hydrogen) atoms. The van der Waals surface area contributed by atoms with Gasteiger partial charge in [0.05, 0.1) is 24.1 Å². The van der Waals surface area contributed by atoms with Gasteiger partial charge in [-0.1, -0.05) is 0 Å². The monoisotopic (exact) mass is 561 g/mol. The molecule has 2 aromatic heterocycles. The second kappa shape index (κ2) is 10.2. The zero-order valence-electron chi connectivity index (χ0n) is 19.4. The topological polar surface area (TPSA) is 143 Å². The normalized spacial score (nSPS) is 25.0. The van der Waals surface area contributed by atoms with Crippen molar-refractivity contribution >= 4 is 17.5 Å². The zero-order valence-corrected chi connectivity index (χ0v) is 19.4. The predicted octanol–water partition coefficient (Wildman–Crippen LogP) is 2.91. The summed E-state index contributed by atoms with van der Waals surface area (Å²) in [5, 5.41) is 23.5. The van der Waals surface area contributed by atoms with E-state index in [2.05, 4.69) is 10.1 Å². The third kappa shape index (κ3) is 6.86. The van der Waals surface area contributed by atoms with Gasteiger partial charge in [-0.25, -0.2) is 23.1 Å². The van der Waals surface area contributed by atoms with Crippen LogP contribution in [0.3, 0.4) is 0 Å². The molecule has 0 aromatic carbocycles. The fourth-order valence-corrected chi connectivity index (χ4v) is 4.32. The third-order valence-electron chi connectivity index (χ3n) is 6.41. The van der Waals surface area contributed by atoms with Crippen LogP contribution < -0.4 is 11.1 Å². The molecule has 1 saturated carbocycles. The molecule has 2 aliphatic rings. The van der Waals surface area contributed by atoms with Gasteiger partial charge in [0.15, 0.2) is 5.65 Å². The number of carbonyl (C=O) groups excluding carboxylic acids is 1. The summed E-state index contributed by atoms with van der Waals surface area (Å²) >= 11 is 0. The van der Waals surface area contributed by atoms with Crippen LogP contribution in [0.1, 0.15) is 49.4 Å². The SMILES string of the molecule is N[C@H](c1cn2ncc(C[C@@]3(O)C[C@@H](C(F)(F)F)NC3=O)cc2n1)C1CCC(F)(F)CC1.O=C(O)C(F)(F)F. The van der Waals surface area contributed by atoms with Gasteiger partial charge in [0.2, 0.25) is 5.92 Å². The molecular weight excluding hydrogens is 538 g/mol. The lowest BCUT2D eigenvalue weighted by atomic mass is 9.81. The van der Waals surface area contributed by atoms with Gasteiger partial charge in [-0.05, 0) is 30.4 Å². The van der Waals surface area contributed by atoms with E-state index in [1.54, 1.807) is 11.5 Å². The first-order valence-corrected chi connectivity index (χ1v) is 11.2. The molecule has 0 radical (unpaired) electrons. The second-order valence-corrected chi connectivity index (χ2v) is 9.33. The first-order chi connectivity index (χ1) is 17.3. The summed E-state index contributed by atoms with van der Waals surface area (Å²) < 4.78 is 98.6. The average Bonchev–Trinajstić information content (AvgIpc) is 3.33. The van der Waals surface area contributed by atoms with E-state index >= 15 is 0 Å². The van der Waals surface area contributed by atoms with E-state index in [0.717, 1.165) is 0 Å². The van der Waals surface area contributed by atoms with E-state index in [9.17, 15) is 45.0 Å². The molecular formula is C21H23F8N5O4. The van der Waals surface area contributed by atoms with Crippen molar-refractivity contribution in [2.45, 2.75) is 74.5 Å². The van der Waals surface area contributed by atoms with Crippen LogP contribution in [0.15, 0.2) is 18.5 Å². The summed E-state index contributed by atoms with van der Waals surface area (Å²) in [5.74, 6) is -6.66. The number of fused-ring (bicyclic) bond motifs is 1. The van der Waals surface area contributed by atoms with E-state index in [1.807, 2.05) is 0 Å². The van der Waals surface area contributed by atoms with Gasteiger partial charge < -0.3 is 21.3 Å². The van der Waals surface area contributed by atoms with Crippen LogP contribution in [0.25, 0.3) is 5.65 Å². The highest BCUT2D eigenvalue weighted by molar-refractivity contribution is 5.88. The van der Waals surface area contributed by atoms with Gasteiger partial charge in [0, 0.05) is 25.7 Å². The number of nitrogens with two attached hydrogens (primary N) is 1. The van der Waals surface area contributed by atoms with Gasteiger partial charge in [0.25, 0.3) is 5.91 Å². The molecule has 1 aliphatic carbocycles. The number of amides is 1. The smallest absolute Gasteiger partial charge is 0.475 e. The number of aromatic nitrogens is 3. The minimum absolute atomic E-state index is 0.147. The van der Waals surface area contributed by atoms with Crippen LogP contribution in [0, 0.1) is 5.92 Å². The summed E-state index contributed by atoms with van der Waals surface area (Å²) in [6, 6.07) is -1.16. The molecule has 0 spiro atoms. The molecule has 1 saturated heterocycles. The molecule has 5 N–H and O–H groups in total. The van der Waals surface area contributed by atoms with Crippen molar-refractivity contribution in [2.75, 3.05) is 0 Å². The molecule has 1 aliphatic heterocycles. The van der Waals surface area contributed by atoms with Crippen molar-refractivity contribution in [1.29, 1.82) is 0 Å². The lowest BCUT2D eigenvalue weighted by Crippen LogP contribution is -2.41. The molecule has 0 unspecified atom stereocenters. The molecule has 9 nitrogen and oxygen atoms in total. The number of halogens is 8. The van der Waals surface area contributed by atoms with Crippen molar-refractivity contribution in [2.24, 2.45) is 11.7 Å². The Kier molecular flexibility index (Phi) is 7.94. The van der Waals surface area contributed by atoms with Crippen LogP contribution in [-0.4, -0.2) is 66.6 Å². The Morgan fingerprint density at radius 2 is 1.79 bits per heavy atom. The third-order valence-corrected chi connectivity index (χ3v) is 6.41. The number of imidazole rings is 1. The summed E-state index contributed by atoms with van der Waals surface area (Å²) in [5.41, 5.74) is 5.16. The molecule has 2 aromatic rings. The Labute approximate surface area is 209 Å². The van der Waals surface area contributed by atoms with Crippen LogP contribution >= 0.6 is 0 Å². The largest absolute Gasteiger partial charge is 0.490 e. The van der Waals surface area contributed by atoms with Crippen LogP contribution in [0.4, 0.5) is 35.1 Å². The van der Waals surface area contributed by atoms with E-state index < -0.39 is 54.3 Å². The molecule has 1 amide bonds. The Hall–Kier alpha value is -3.08. The Morgan fingerprint density at radius 3 is 2.29 bits per heavy atom. The van der Waals surface area contributed by atoms with E-state index in [4.69, 9.17) is 15.6 Å². The van der Waals surface area contributed by atoms with Crippen molar-refractivity contribution in [1.82, 2.24) is 19.9 Å². The lowest BCUT2D eigenvalue weighted by molar-refractivity contribution is -0.192. The molecule has 0 bridgehead atoms. The predicted molar refractivity (Wildman–Crippen MR) is 112 cm³/mol. The lowest BCUT2D eigenvalue weighted by Gasteiger charge is -2.31. The van der Waals surface area contributed by atoms with E-state index in [0.29, 0.717) is 16.9 Å². The molecule has 212 valence electrons. The number of aliphatic carboxylic acids is 1. The van der Waals surface area contributed by atoms with Gasteiger partial charge in [-0.2, -0.15) is 31.4 Å². The number of nitrogens with zero attached hydrogens (tertiary/aromatic N) is 3. The van der Waals surface area contributed by atoms with Gasteiger partial charge in [-0.15, -0.1) is 0 Å². The molecule has 3 atom stereocenters. The minimum atomic E-state index is -5.08. The van der Waals surface area contributed by atoms with Gasteiger partial charge >= 0.3 is 18.3 Å². The number of aliphatic hydroxyl groups is 1. The highest BCUT2D eigenvalue weighted by Crippen LogP contribution is 2.40. The Morgan fingerprint density at radius 1 is 1.21 bits per heavy atom. The number of carboxylic acid groups (broad SMARTS) is 1. The van der Waals surface area contributed by atoms with Crippen molar-refractivity contribution in [3.63, 3.8) is 0 Å². The first-order valence-electron chi connectivity index (χ1n) is 11.2. The molecule has 2 fully saturated rings. The van der Waals surface area contributed by atoms with Gasteiger partial charge in [-0.3, -0.25) is 4.79 Å². The quantitative estimate of drug-likeness (QED) is 0.421. The Bertz CT molecular complexity index is 1170. The maximum Gasteiger partial charge on any atom is 0.490 e. The maximum atomic E-state index is 13.4. The number of hydrogen-bond donors (Lipinski definition) is 4. The van der Waals surface area contributed by atoms with Crippen molar-refractivity contribution < 1.29 is 54.9 Å². The van der Waals surface area contributed by atoms with Crippen molar-refractivity contribution in [3.8, 4) is 0 Å². The highest BCUT2D eigenvalue weighted by Gasteiger charge is 2.54. The van der Waals surface area contributed by atoms with E-state index in [-0.39, 0.29) is 38.0 Å². The fourth-order valence-electron chi connectivity index (χ4n) is 4.32. The van der Waals surface area contributed by atoms with Gasteiger partial charge in [0.1, 0.15) is 11.6 Å². The molecule has 4 rings (SSSR count).